The van der Waals surface area contributed by atoms with E-state index in [0.29, 0.717) is 0 Å². The maximum absolute atomic E-state index is 12.0. The Bertz CT molecular complexity index is 471. The van der Waals surface area contributed by atoms with E-state index in [2.05, 4.69) is 10.6 Å². The Morgan fingerprint density at radius 2 is 1.81 bits per heavy atom. The molecule has 0 aliphatic heterocycles. The van der Waals surface area contributed by atoms with Crippen molar-refractivity contribution in [2.24, 2.45) is 0 Å². The highest BCUT2D eigenvalue weighted by molar-refractivity contribution is 5.76. The molecular formula is C16H24N2O3. The zero-order valence-corrected chi connectivity index (χ0v) is 13.1. The van der Waals surface area contributed by atoms with E-state index in [9.17, 15) is 9.59 Å². The van der Waals surface area contributed by atoms with Crippen molar-refractivity contribution in [2.75, 3.05) is 7.11 Å². The summed E-state index contributed by atoms with van der Waals surface area (Å²) in [6.45, 7) is 5.92. The van der Waals surface area contributed by atoms with Gasteiger partial charge in [0.2, 0.25) is 0 Å². The molecule has 116 valence electrons. The van der Waals surface area contributed by atoms with Crippen LogP contribution >= 0.6 is 0 Å². The number of carbonyl (C=O) groups excluding carboxylic acids is 2. The minimum atomic E-state index is -0.401. The first-order chi connectivity index (χ1) is 9.96. The number of methoxy groups -OCH3 is 1. The van der Waals surface area contributed by atoms with Gasteiger partial charge in [-0.1, -0.05) is 36.8 Å². The van der Waals surface area contributed by atoms with Crippen molar-refractivity contribution in [3.05, 3.63) is 35.4 Å². The summed E-state index contributed by atoms with van der Waals surface area (Å²) in [5.74, 6) is -0.357. The van der Waals surface area contributed by atoms with E-state index in [-0.39, 0.29) is 24.5 Å². The number of hydrogen-bond acceptors (Lipinski definition) is 3. The predicted octanol–water partition coefficient (Wildman–Crippen LogP) is 2.70. The monoisotopic (exact) mass is 292 g/mol. The van der Waals surface area contributed by atoms with Gasteiger partial charge in [0, 0.05) is 6.04 Å². The fourth-order valence-electron chi connectivity index (χ4n) is 1.83. The number of ether oxygens (including phenoxy) is 1. The Morgan fingerprint density at radius 1 is 1.19 bits per heavy atom. The number of urea groups is 1. The lowest BCUT2D eigenvalue weighted by Crippen LogP contribution is -2.42. The number of nitrogens with one attached hydrogen (secondary N) is 2. The predicted molar refractivity (Wildman–Crippen MR) is 82.0 cm³/mol. The number of aryl methyl sites for hydroxylation is 1. The molecule has 5 nitrogen and oxygen atoms in total. The van der Waals surface area contributed by atoms with Crippen LogP contribution in [0, 0.1) is 6.92 Å². The number of rotatable bonds is 6. The zero-order valence-electron chi connectivity index (χ0n) is 13.1. The Balaban J connectivity index is 2.79. The van der Waals surface area contributed by atoms with Gasteiger partial charge in [-0.15, -0.1) is 0 Å². The van der Waals surface area contributed by atoms with Crippen LogP contribution in [0.25, 0.3) is 0 Å². The number of benzene rings is 1. The van der Waals surface area contributed by atoms with E-state index >= 15 is 0 Å². The van der Waals surface area contributed by atoms with Crippen molar-refractivity contribution < 1.29 is 14.3 Å². The zero-order chi connectivity index (χ0) is 15.8. The summed E-state index contributed by atoms with van der Waals surface area (Å²) >= 11 is 0. The molecule has 2 amide bonds. The maximum atomic E-state index is 12.0. The normalized spacial score (nSPS) is 13.1. The molecule has 1 rings (SSSR count). The van der Waals surface area contributed by atoms with Crippen LogP contribution in [0.1, 0.15) is 43.9 Å². The maximum Gasteiger partial charge on any atom is 0.315 e. The van der Waals surface area contributed by atoms with E-state index < -0.39 is 6.04 Å². The SMILES string of the molecule is CC[C@H](C)NC(=O)N[C@H](CC(=O)OC)c1ccc(C)cc1. The van der Waals surface area contributed by atoms with Crippen LogP contribution in [0.2, 0.25) is 0 Å². The summed E-state index contributed by atoms with van der Waals surface area (Å²) < 4.78 is 4.70. The molecule has 0 aliphatic carbocycles. The molecular weight excluding hydrogens is 268 g/mol. The highest BCUT2D eigenvalue weighted by Gasteiger charge is 2.19. The number of amides is 2. The lowest BCUT2D eigenvalue weighted by Gasteiger charge is -2.20. The number of esters is 1. The molecule has 5 heteroatoms. The van der Waals surface area contributed by atoms with Gasteiger partial charge in [-0.05, 0) is 25.8 Å². The molecule has 0 unspecified atom stereocenters. The quantitative estimate of drug-likeness (QED) is 0.792. The van der Waals surface area contributed by atoms with Crippen LogP contribution in [-0.2, 0) is 9.53 Å². The van der Waals surface area contributed by atoms with E-state index in [1.165, 1.54) is 7.11 Å². The average molecular weight is 292 g/mol. The molecule has 0 spiro atoms. The van der Waals surface area contributed by atoms with Crippen LogP contribution in [0.5, 0.6) is 0 Å². The Kier molecular flexibility index (Phi) is 6.72. The summed E-state index contributed by atoms with van der Waals surface area (Å²) in [5.41, 5.74) is 2.00. The van der Waals surface area contributed by atoms with Crippen molar-refractivity contribution in [2.45, 2.75) is 45.7 Å². The second-order valence-corrected chi connectivity index (χ2v) is 5.17. The average Bonchev–Trinajstić information content (AvgIpc) is 2.46. The topological polar surface area (TPSA) is 67.4 Å². The van der Waals surface area contributed by atoms with Crippen LogP contribution in [0.4, 0.5) is 4.79 Å². The molecule has 2 N–H and O–H groups in total. The third-order valence-corrected chi connectivity index (χ3v) is 3.37. The molecule has 0 bridgehead atoms. The highest BCUT2D eigenvalue weighted by atomic mass is 16.5. The smallest absolute Gasteiger partial charge is 0.315 e. The second-order valence-electron chi connectivity index (χ2n) is 5.17. The van der Waals surface area contributed by atoms with Gasteiger partial charge in [0.05, 0.1) is 19.6 Å². The highest BCUT2D eigenvalue weighted by Crippen LogP contribution is 2.18. The third-order valence-electron chi connectivity index (χ3n) is 3.37. The van der Waals surface area contributed by atoms with Crippen molar-refractivity contribution in [1.82, 2.24) is 10.6 Å². The van der Waals surface area contributed by atoms with Gasteiger partial charge in [0.15, 0.2) is 0 Å². The van der Waals surface area contributed by atoms with Crippen molar-refractivity contribution in [3.63, 3.8) is 0 Å². The molecule has 0 aliphatic rings. The summed E-state index contributed by atoms with van der Waals surface area (Å²) in [6, 6.07) is 7.13. The van der Waals surface area contributed by atoms with Gasteiger partial charge in [0.25, 0.3) is 0 Å². The minimum absolute atomic E-state index is 0.0850. The Morgan fingerprint density at radius 3 is 2.33 bits per heavy atom. The van der Waals surface area contributed by atoms with Crippen LogP contribution in [0.3, 0.4) is 0 Å². The first kappa shape index (κ1) is 17.0. The summed E-state index contributed by atoms with van der Waals surface area (Å²) in [6.07, 6.45) is 0.951. The summed E-state index contributed by atoms with van der Waals surface area (Å²) in [7, 11) is 1.34. The molecule has 0 saturated heterocycles. The molecule has 0 saturated carbocycles. The molecule has 0 heterocycles. The molecule has 1 aromatic rings. The van der Waals surface area contributed by atoms with Gasteiger partial charge in [-0.3, -0.25) is 4.79 Å². The third kappa shape index (κ3) is 5.85. The molecule has 0 aromatic heterocycles. The van der Waals surface area contributed by atoms with Crippen molar-refractivity contribution >= 4 is 12.0 Å². The standard InChI is InChI=1S/C16H24N2O3/c1-5-12(3)17-16(20)18-14(10-15(19)21-4)13-8-6-11(2)7-9-13/h6-9,12,14H,5,10H2,1-4H3,(H2,17,18,20)/t12-,14+/m0/s1. The fourth-order valence-corrected chi connectivity index (χ4v) is 1.83. The van der Waals surface area contributed by atoms with Gasteiger partial charge in [0.1, 0.15) is 0 Å². The van der Waals surface area contributed by atoms with Crippen molar-refractivity contribution in [1.29, 1.82) is 0 Å². The van der Waals surface area contributed by atoms with E-state index in [1.807, 2.05) is 45.0 Å². The number of carbonyl (C=O) groups is 2. The van der Waals surface area contributed by atoms with Gasteiger partial charge < -0.3 is 15.4 Å². The minimum Gasteiger partial charge on any atom is -0.469 e. The first-order valence-electron chi connectivity index (χ1n) is 7.16. The molecule has 2 atom stereocenters. The van der Waals surface area contributed by atoms with Gasteiger partial charge in [-0.25, -0.2) is 4.79 Å². The number of hydrogen-bond donors (Lipinski definition) is 2. The molecule has 21 heavy (non-hydrogen) atoms. The van der Waals surface area contributed by atoms with E-state index in [0.717, 1.165) is 17.5 Å². The van der Waals surface area contributed by atoms with E-state index in [4.69, 9.17) is 4.74 Å². The van der Waals surface area contributed by atoms with Crippen LogP contribution < -0.4 is 10.6 Å². The van der Waals surface area contributed by atoms with Gasteiger partial charge >= 0.3 is 12.0 Å². The molecule has 0 fully saturated rings. The molecule has 0 radical (unpaired) electrons. The van der Waals surface area contributed by atoms with Crippen LogP contribution in [0.15, 0.2) is 24.3 Å². The first-order valence-corrected chi connectivity index (χ1v) is 7.16. The lowest BCUT2D eigenvalue weighted by atomic mass is 10.0. The summed E-state index contributed by atoms with van der Waals surface area (Å²) in [4.78, 5) is 23.5. The Labute approximate surface area is 126 Å². The van der Waals surface area contributed by atoms with E-state index in [1.54, 1.807) is 0 Å². The largest absolute Gasteiger partial charge is 0.469 e. The van der Waals surface area contributed by atoms with Crippen LogP contribution in [-0.4, -0.2) is 25.2 Å². The second kappa shape index (κ2) is 8.29. The molecule has 1 aromatic carbocycles. The van der Waals surface area contributed by atoms with Crippen molar-refractivity contribution in [3.8, 4) is 0 Å². The lowest BCUT2D eigenvalue weighted by molar-refractivity contribution is -0.141. The fraction of sp³-hybridized carbons (Fsp3) is 0.500. The van der Waals surface area contributed by atoms with Gasteiger partial charge in [-0.2, -0.15) is 0 Å². The Hall–Kier alpha value is -2.04. The summed E-state index contributed by atoms with van der Waals surface area (Å²) in [5, 5.41) is 5.66.